The minimum atomic E-state index is -0.164. The molecule has 0 aliphatic heterocycles. The highest BCUT2D eigenvalue weighted by Gasteiger charge is 2.09. The molecule has 3 nitrogen and oxygen atoms in total. The molecule has 0 aromatic heterocycles. The summed E-state index contributed by atoms with van der Waals surface area (Å²) in [6.45, 7) is 0. The number of carbonyl (C=O) groups is 1. The summed E-state index contributed by atoms with van der Waals surface area (Å²) in [7, 11) is 0. The van der Waals surface area contributed by atoms with Gasteiger partial charge in [0.1, 0.15) is 0 Å². The molecule has 0 heterocycles. The van der Waals surface area contributed by atoms with Crippen molar-refractivity contribution in [1.29, 1.82) is 0 Å². The van der Waals surface area contributed by atoms with Crippen molar-refractivity contribution in [2.75, 3.05) is 16.8 Å². The zero-order chi connectivity index (χ0) is 14.5. The summed E-state index contributed by atoms with van der Waals surface area (Å²) in [5.74, 6) is 0.0827. The maximum atomic E-state index is 11.9. The Morgan fingerprint density at radius 3 is 2.65 bits per heavy atom. The number of anilines is 2. The molecule has 1 amide bonds. The molecule has 2 rings (SSSR count). The molecule has 3 N–H and O–H groups in total. The van der Waals surface area contributed by atoms with Gasteiger partial charge in [-0.05, 0) is 24.3 Å². The summed E-state index contributed by atoms with van der Waals surface area (Å²) < 4.78 is 0. The van der Waals surface area contributed by atoms with Crippen LogP contribution in [0.15, 0.2) is 47.4 Å². The van der Waals surface area contributed by atoms with Gasteiger partial charge in [0, 0.05) is 10.6 Å². The maximum Gasteiger partial charge on any atom is 0.234 e. The van der Waals surface area contributed by atoms with E-state index in [0.29, 0.717) is 21.4 Å². The largest absolute Gasteiger partial charge is 0.398 e. The van der Waals surface area contributed by atoms with Crippen LogP contribution < -0.4 is 11.1 Å². The standard InChI is InChI=1S/C14H12Cl2N2OS/c15-9-4-3-6-11(14(9)16)18-13(19)8-20-12-7-2-1-5-10(12)17/h1-7H,8,17H2,(H,18,19). The molecule has 20 heavy (non-hydrogen) atoms. The van der Waals surface area contributed by atoms with Crippen LogP contribution in [0.1, 0.15) is 0 Å². The van der Waals surface area contributed by atoms with Gasteiger partial charge in [-0.3, -0.25) is 4.79 Å². The van der Waals surface area contributed by atoms with Crippen LogP contribution in [-0.4, -0.2) is 11.7 Å². The van der Waals surface area contributed by atoms with Gasteiger partial charge in [-0.15, -0.1) is 11.8 Å². The van der Waals surface area contributed by atoms with Crippen molar-refractivity contribution >= 4 is 52.2 Å². The number of hydrogen-bond acceptors (Lipinski definition) is 3. The van der Waals surface area contributed by atoms with Gasteiger partial charge < -0.3 is 11.1 Å². The Balaban J connectivity index is 1.96. The van der Waals surface area contributed by atoms with Crippen molar-refractivity contribution < 1.29 is 4.79 Å². The van der Waals surface area contributed by atoms with Crippen LogP contribution in [0.3, 0.4) is 0 Å². The summed E-state index contributed by atoms with van der Waals surface area (Å²) in [4.78, 5) is 12.8. The summed E-state index contributed by atoms with van der Waals surface area (Å²) in [5.41, 5.74) is 6.98. The molecule has 0 spiro atoms. The topological polar surface area (TPSA) is 55.1 Å². The van der Waals surface area contributed by atoms with E-state index in [1.165, 1.54) is 11.8 Å². The second-order valence-electron chi connectivity index (χ2n) is 3.98. The molecule has 0 fully saturated rings. The van der Waals surface area contributed by atoms with E-state index in [4.69, 9.17) is 28.9 Å². The van der Waals surface area contributed by atoms with Gasteiger partial charge in [-0.25, -0.2) is 0 Å². The van der Waals surface area contributed by atoms with E-state index in [1.54, 1.807) is 24.3 Å². The molecule has 0 radical (unpaired) electrons. The van der Waals surface area contributed by atoms with Crippen LogP contribution in [0.5, 0.6) is 0 Å². The minimum absolute atomic E-state index is 0.164. The van der Waals surface area contributed by atoms with E-state index in [0.717, 1.165) is 4.90 Å². The third-order valence-electron chi connectivity index (χ3n) is 2.50. The molecule has 0 atom stereocenters. The number of para-hydroxylation sites is 1. The second-order valence-corrected chi connectivity index (χ2v) is 5.78. The van der Waals surface area contributed by atoms with Crippen molar-refractivity contribution in [3.8, 4) is 0 Å². The Morgan fingerprint density at radius 2 is 1.90 bits per heavy atom. The number of hydrogen-bond donors (Lipinski definition) is 2. The van der Waals surface area contributed by atoms with Crippen LogP contribution in [0.2, 0.25) is 10.0 Å². The fourth-order valence-corrected chi connectivity index (χ4v) is 2.66. The van der Waals surface area contributed by atoms with E-state index < -0.39 is 0 Å². The number of benzene rings is 2. The van der Waals surface area contributed by atoms with E-state index >= 15 is 0 Å². The lowest BCUT2D eigenvalue weighted by atomic mass is 10.3. The number of carbonyl (C=O) groups excluding carboxylic acids is 1. The molecule has 0 aliphatic carbocycles. The van der Waals surface area contributed by atoms with Gasteiger partial charge in [-0.1, -0.05) is 41.4 Å². The molecule has 0 aliphatic rings. The summed E-state index contributed by atoms with van der Waals surface area (Å²) in [6, 6.07) is 12.5. The fourth-order valence-electron chi connectivity index (χ4n) is 1.54. The Labute approximate surface area is 131 Å². The average molecular weight is 327 g/mol. The number of nitrogen functional groups attached to an aromatic ring is 1. The quantitative estimate of drug-likeness (QED) is 0.650. The molecule has 0 unspecified atom stereocenters. The Bertz CT molecular complexity index is 634. The predicted octanol–water partition coefficient (Wildman–Crippen LogP) is 4.31. The van der Waals surface area contributed by atoms with Crippen molar-refractivity contribution in [3.63, 3.8) is 0 Å². The van der Waals surface area contributed by atoms with E-state index in [1.807, 2.05) is 18.2 Å². The molecule has 0 saturated carbocycles. The Kier molecular flexibility index (Phi) is 5.17. The minimum Gasteiger partial charge on any atom is -0.398 e. The van der Waals surface area contributed by atoms with E-state index in [9.17, 15) is 4.79 Å². The summed E-state index contributed by atoms with van der Waals surface area (Å²) >= 11 is 13.3. The van der Waals surface area contributed by atoms with Crippen LogP contribution in [-0.2, 0) is 4.79 Å². The first-order valence-corrected chi connectivity index (χ1v) is 7.53. The second kappa shape index (κ2) is 6.88. The molecule has 0 saturated heterocycles. The van der Waals surface area contributed by atoms with Crippen molar-refractivity contribution in [3.05, 3.63) is 52.5 Å². The van der Waals surface area contributed by atoms with Gasteiger partial charge in [0.15, 0.2) is 0 Å². The first kappa shape index (κ1) is 15.0. The van der Waals surface area contributed by atoms with Crippen molar-refractivity contribution in [1.82, 2.24) is 0 Å². The zero-order valence-electron chi connectivity index (χ0n) is 10.4. The number of nitrogens with two attached hydrogens (primary N) is 1. The monoisotopic (exact) mass is 326 g/mol. The summed E-state index contributed by atoms with van der Waals surface area (Å²) in [6.07, 6.45) is 0. The number of thioether (sulfide) groups is 1. The fraction of sp³-hybridized carbons (Fsp3) is 0.0714. The normalized spacial score (nSPS) is 10.3. The maximum absolute atomic E-state index is 11.9. The summed E-state index contributed by atoms with van der Waals surface area (Å²) in [5, 5.41) is 3.47. The van der Waals surface area contributed by atoms with Crippen molar-refractivity contribution in [2.45, 2.75) is 4.90 Å². The van der Waals surface area contributed by atoms with Crippen LogP contribution in [0.4, 0.5) is 11.4 Å². The highest BCUT2D eigenvalue weighted by molar-refractivity contribution is 8.00. The number of rotatable bonds is 4. The molecule has 6 heteroatoms. The smallest absolute Gasteiger partial charge is 0.234 e. The van der Waals surface area contributed by atoms with E-state index in [-0.39, 0.29) is 11.7 Å². The van der Waals surface area contributed by atoms with Crippen molar-refractivity contribution in [2.24, 2.45) is 0 Å². The number of halogens is 2. The predicted molar refractivity (Wildman–Crippen MR) is 86.7 cm³/mol. The molecule has 104 valence electrons. The molecule has 0 bridgehead atoms. The molecule has 2 aromatic carbocycles. The third kappa shape index (κ3) is 3.82. The Hall–Kier alpha value is -1.36. The zero-order valence-corrected chi connectivity index (χ0v) is 12.7. The van der Waals surface area contributed by atoms with Crippen LogP contribution >= 0.6 is 35.0 Å². The first-order valence-electron chi connectivity index (χ1n) is 5.79. The highest BCUT2D eigenvalue weighted by atomic mass is 35.5. The molecular formula is C14H12Cl2N2OS. The average Bonchev–Trinajstić information content (AvgIpc) is 2.43. The lowest BCUT2D eigenvalue weighted by Crippen LogP contribution is -2.14. The van der Waals surface area contributed by atoms with E-state index in [2.05, 4.69) is 5.32 Å². The molecular weight excluding hydrogens is 315 g/mol. The lowest BCUT2D eigenvalue weighted by molar-refractivity contribution is -0.113. The first-order chi connectivity index (χ1) is 9.58. The SMILES string of the molecule is Nc1ccccc1SCC(=O)Nc1cccc(Cl)c1Cl. The van der Waals surface area contributed by atoms with Gasteiger partial charge in [0.2, 0.25) is 5.91 Å². The number of nitrogens with one attached hydrogen (secondary N) is 1. The van der Waals surface area contributed by atoms with Crippen LogP contribution in [0, 0.1) is 0 Å². The van der Waals surface area contributed by atoms with Gasteiger partial charge >= 0.3 is 0 Å². The molecule has 2 aromatic rings. The number of amides is 1. The van der Waals surface area contributed by atoms with Gasteiger partial charge in [0.25, 0.3) is 0 Å². The van der Waals surface area contributed by atoms with Gasteiger partial charge in [-0.2, -0.15) is 0 Å². The van der Waals surface area contributed by atoms with Crippen LogP contribution in [0.25, 0.3) is 0 Å². The lowest BCUT2D eigenvalue weighted by Gasteiger charge is -2.08. The van der Waals surface area contributed by atoms with Gasteiger partial charge in [0.05, 0.1) is 21.5 Å². The Morgan fingerprint density at radius 1 is 1.15 bits per heavy atom. The third-order valence-corrected chi connectivity index (χ3v) is 4.41. The highest BCUT2D eigenvalue weighted by Crippen LogP contribution is 2.30.